The zero-order chi connectivity index (χ0) is 23.8. The highest BCUT2D eigenvalue weighted by molar-refractivity contribution is 6.62. The topological polar surface area (TPSA) is 46.2 Å². The maximum atomic E-state index is 6.59. The third-order valence-electron chi connectivity index (χ3n) is 3.54. The molecule has 0 saturated carbocycles. The molecule has 7 heteroatoms. The van der Waals surface area contributed by atoms with Gasteiger partial charge in [0.05, 0.1) is 39.5 Å². The molecule has 0 aliphatic carbocycles. The Kier molecular flexibility index (Phi) is 12.6. The van der Waals surface area contributed by atoms with Crippen LogP contribution in [0.2, 0.25) is 12.1 Å². The molecule has 0 aliphatic rings. The molecular formula is C23H52O5Si2. The average Bonchev–Trinajstić information content (AvgIpc) is 2.43. The zero-order valence-corrected chi connectivity index (χ0v) is 24.7. The number of rotatable bonds is 13. The fourth-order valence-corrected chi connectivity index (χ4v) is 9.63. The molecule has 30 heavy (non-hydrogen) atoms. The standard InChI is InChI=1S/C23H52O5Si2/c1-18(2)16-24-20(25-17-19(3)4)29-14-15-30(26-21(5,6)7,27-22(8,9)10)28-23(11,12)13/h18-20H,14-17,29H2,1-13H3. The van der Waals surface area contributed by atoms with E-state index in [4.69, 9.17) is 22.8 Å². The smallest absolute Gasteiger partial charge is 0.368 e. The molecule has 0 amide bonds. The molecule has 0 aromatic carbocycles. The van der Waals surface area contributed by atoms with Gasteiger partial charge in [-0.2, -0.15) is 0 Å². The summed E-state index contributed by atoms with van der Waals surface area (Å²) in [4.78, 5) is 0. The monoisotopic (exact) mass is 464 g/mol. The van der Waals surface area contributed by atoms with Crippen molar-refractivity contribution in [2.45, 2.75) is 125 Å². The van der Waals surface area contributed by atoms with Crippen molar-refractivity contribution in [3.05, 3.63) is 0 Å². The van der Waals surface area contributed by atoms with Crippen molar-refractivity contribution in [1.29, 1.82) is 0 Å². The van der Waals surface area contributed by atoms with Crippen molar-refractivity contribution in [2.24, 2.45) is 11.8 Å². The second kappa shape index (κ2) is 12.5. The van der Waals surface area contributed by atoms with Gasteiger partial charge in [-0.15, -0.1) is 0 Å². The van der Waals surface area contributed by atoms with Crippen LogP contribution in [0.5, 0.6) is 0 Å². The Morgan fingerprint density at radius 2 is 0.967 bits per heavy atom. The van der Waals surface area contributed by atoms with Gasteiger partial charge in [-0.3, -0.25) is 0 Å². The van der Waals surface area contributed by atoms with E-state index in [9.17, 15) is 0 Å². The molecule has 0 fully saturated rings. The average molecular weight is 465 g/mol. The van der Waals surface area contributed by atoms with Crippen molar-refractivity contribution in [1.82, 2.24) is 0 Å². The summed E-state index contributed by atoms with van der Waals surface area (Å²) < 4.78 is 32.0. The highest BCUT2D eigenvalue weighted by atomic mass is 28.4. The van der Waals surface area contributed by atoms with Crippen molar-refractivity contribution >= 4 is 18.3 Å². The van der Waals surface area contributed by atoms with Crippen molar-refractivity contribution in [3.63, 3.8) is 0 Å². The Balaban J connectivity index is 5.41. The lowest BCUT2D eigenvalue weighted by atomic mass is 10.2. The molecule has 0 unspecified atom stereocenters. The second-order valence-electron chi connectivity index (χ2n) is 12.1. The van der Waals surface area contributed by atoms with Crippen LogP contribution in [-0.4, -0.2) is 54.3 Å². The van der Waals surface area contributed by atoms with Crippen LogP contribution in [0.3, 0.4) is 0 Å². The lowest BCUT2D eigenvalue weighted by Crippen LogP contribution is -2.57. The van der Waals surface area contributed by atoms with Gasteiger partial charge in [0.1, 0.15) is 5.91 Å². The molecule has 0 aromatic heterocycles. The largest absolute Gasteiger partial charge is 0.501 e. The maximum absolute atomic E-state index is 6.59. The van der Waals surface area contributed by atoms with Crippen molar-refractivity contribution < 1.29 is 22.8 Å². The predicted octanol–water partition coefficient (Wildman–Crippen LogP) is 5.59. The summed E-state index contributed by atoms with van der Waals surface area (Å²) in [7, 11) is -3.58. The highest BCUT2D eigenvalue weighted by Gasteiger charge is 2.49. The van der Waals surface area contributed by atoms with Crippen LogP contribution in [0.15, 0.2) is 0 Å². The lowest BCUT2D eigenvalue weighted by molar-refractivity contribution is -0.104. The van der Waals surface area contributed by atoms with Crippen LogP contribution in [0.4, 0.5) is 0 Å². The summed E-state index contributed by atoms with van der Waals surface area (Å²) >= 11 is 0. The highest BCUT2D eigenvalue weighted by Crippen LogP contribution is 2.32. The van der Waals surface area contributed by atoms with Crippen LogP contribution in [0, 0.1) is 11.8 Å². The first kappa shape index (κ1) is 30.2. The van der Waals surface area contributed by atoms with Crippen LogP contribution in [-0.2, 0) is 22.8 Å². The van der Waals surface area contributed by atoms with E-state index in [1.165, 1.54) is 0 Å². The van der Waals surface area contributed by atoms with E-state index < -0.39 is 18.3 Å². The normalized spacial score (nSPS) is 14.8. The molecule has 0 spiro atoms. The summed E-state index contributed by atoms with van der Waals surface area (Å²) in [6.45, 7) is 28.8. The van der Waals surface area contributed by atoms with Crippen LogP contribution in [0.1, 0.15) is 90.0 Å². The molecule has 5 nitrogen and oxygen atoms in total. The molecule has 0 N–H and O–H groups in total. The van der Waals surface area contributed by atoms with E-state index in [2.05, 4.69) is 90.0 Å². The van der Waals surface area contributed by atoms with E-state index in [1.54, 1.807) is 0 Å². The molecule has 0 saturated heterocycles. The fraction of sp³-hybridized carbons (Fsp3) is 1.00. The number of hydrogen-bond acceptors (Lipinski definition) is 5. The SMILES string of the molecule is CC(C)COC(OCC(C)C)[SiH2]CC[Si](OC(C)(C)C)(OC(C)(C)C)OC(C)(C)C. The summed E-state index contributed by atoms with van der Waals surface area (Å²) in [6.07, 6.45) is 0. The quantitative estimate of drug-likeness (QED) is 0.263. The first-order valence-corrected chi connectivity index (χ1v) is 15.4. The summed E-state index contributed by atoms with van der Waals surface area (Å²) in [5.41, 5.74) is -1.02. The van der Waals surface area contributed by atoms with Crippen molar-refractivity contribution in [3.8, 4) is 0 Å². The van der Waals surface area contributed by atoms with Crippen LogP contribution >= 0.6 is 0 Å². The van der Waals surface area contributed by atoms with Gasteiger partial charge in [-0.25, -0.2) is 0 Å². The molecule has 0 rings (SSSR count). The van der Waals surface area contributed by atoms with Crippen molar-refractivity contribution in [2.75, 3.05) is 13.2 Å². The Labute approximate surface area is 191 Å². The minimum atomic E-state index is -2.93. The van der Waals surface area contributed by atoms with E-state index >= 15 is 0 Å². The maximum Gasteiger partial charge on any atom is 0.501 e. The van der Waals surface area contributed by atoms with Crippen LogP contribution < -0.4 is 0 Å². The number of hydrogen-bond donors (Lipinski definition) is 0. The minimum Gasteiger partial charge on any atom is -0.368 e. The van der Waals surface area contributed by atoms with Gasteiger partial charge < -0.3 is 22.8 Å². The molecule has 0 aliphatic heterocycles. The van der Waals surface area contributed by atoms with Gasteiger partial charge in [0, 0.05) is 6.04 Å². The molecular weight excluding hydrogens is 412 g/mol. The number of ether oxygens (including phenoxy) is 2. The van der Waals surface area contributed by atoms with Gasteiger partial charge in [-0.05, 0) is 74.1 Å². The van der Waals surface area contributed by atoms with Gasteiger partial charge >= 0.3 is 8.80 Å². The van der Waals surface area contributed by atoms with Gasteiger partial charge in [0.25, 0.3) is 0 Å². The lowest BCUT2D eigenvalue weighted by Gasteiger charge is -2.43. The third-order valence-corrected chi connectivity index (χ3v) is 9.69. The summed E-state index contributed by atoms with van der Waals surface area (Å²) in [6, 6.07) is 1.78. The van der Waals surface area contributed by atoms with E-state index in [1.807, 2.05) is 0 Å². The molecule has 0 atom stereocenters. The summed E-state index contributed by atoms with van der Waals surface area (Å²) in [5.74, 6) is 0.922. The van der Waals surface area contributed by atoms with Gasteiger partial charge in [-0.1, -0.05) is 33.7 Å². The molecule has 0 bridgehead atoms. The van der Waals surface area contributed by atoms with E-state index in [-0.39, 0.29) is 22.7 Å². The predicted molar refractivity (Wildman–Crippen MR) is 132 cm³/mol. The Bertz CT molecular complexity index is 409. The first-order valence-electron chi connectivity index (χ1n) is 11.7. The minimum absolute atomic E-state index is 0.0691. The van der Waals surface area contributed by atoms with E-state index in [0.29, 0.717) is 11.8 Å². The third kappa shape index (κ3) is 16.9. The van der Waals surface area contributed by atoms with E-state index in [0.717, 1.165) is 25.3 Å². The Morgan fingerprint density at radius 3 is 1.23 bits per heavy atom. The molecule has 0 radical (unpaired) electrons. The molecule has 0 aromatic rings. The Morgan fingerprint density at radius 1 is 0.633 bits per heavy atom. The van der Waals surface area contributed by atoms with Crippen LogP contribution in [0.25, 0.3) is 0 Å². The van der Waals surface area contributed by atoms with Gasteiger partial charge in [0.2, 0.25) is 0 Å². The zero-order valence-electron chi connectivity index (χ0n) is 22.3. The second-order valence-corrected chi connectivity index (χ2v) is 16.5. The first-order chi connectivity index (χ1) is 13.3. The summed E-state index contributed by atoms with van der Waals surface area (Å²) in [5, 5.41) is 0. The molecule has 0 heterocycles. The fourth-order valence-electron chi connectivity index (χ4n) is 2.91. The van der Waals surface area contributed by atoms with Gasteiger partial charge in [0.15, 0.2) is 0 Å². The molecule has 182 valence electrons. The Hall–Kier alpha value is 0.234.